The zero-order valence-electron chi connectivity index (χ0n) is 28.3. The van der Waals surface area contributed by atoms with Gasteiger partial charge in [0.2, 0.25) is 5.96 Å². The summed E-state index contributed by atoms with van der Waals surface area (Å²) in [7, 11) is 38.1. The summed E-state index contributed by atoms with van der Waals surface area (Å²) < 4.78 is 0. The zero-order valence-corrected chi connectivity index (χ0v) is 47.9. The van der Waals surface area contributed by atoms with Gasteiger partial charge in [0, 0.05) is 263 Å². The molecule has 0 aromatic heterocycles. The Morgan fingerprint density at radius 1 is 0.582 bits per heavy atom. The van der Waals surface area contributed by atoms with Crippen molar-refractivity contribution in [3.63, 3.8) is 0 Å². The number of carbonyl (C=O) groups is 1. The van der Waals surface area contributed by atoms with Crippen molar-refractivity contribution >= 4 is 230 Å². The van der Waals surface area contributed by atoms with E-state index in [-0.39, 0.29) is 5.91 Å². The molecule has 2 aromatic rings. The van der Waals surface area contributed by atoms with Gasteiger partial charge in [0.05, 0.1) is 12.1 Å². The van der Waals surface area contributed by atoms with Crippen molar-refractivity contribution in [1.29, 1.82) is 0 Å². The van der Waals surface area contributed by atoms with Gasteiger partial charge in [-0.2, -0.15) is 0 Å². The molecule has 29 heteroatoms. The van der Waals surface area contributed by atoms with Crippen LogP contribution < -0.4 is 0 Å². The predicted molar refractivity (Wildman–Crippen MR) is 300 cm³/mol. The molecule has 0 aliphatic carbocycles. The maximum atomic E-state index is 13.7. The Labute approximate surface area is 395 Å². The number of nitrogens with zero attached hydrogens (tertiary/aromatic N) is 4. The highest BCUT2D eigenvalue weighted by Gasteiger charge is 2.40. The van der Waals surface area contributed by atoms with E-state index < -0.39 is 0 Å². The number of carbonyl (C=O) groups excluding carboxylic acids is 1. The minimum atomic E-state index is 0.126. The van der Waals surface area contributed by atoms with Crippen LogP contribution in [0.25, 0.3) is 0 Å². The summed E-state index contributed by atoms with van der Waals surface area (Å²) >= 11 is 9.54. The van der Waals surface area contributed by atoms with Gasteiger partial charge in [0.1, 0.15) is 0 Å². The fraction of sp³-hybridized carbons (Fsp3) is 0.385. The lowest BCUT2D eigenvalue weighted by Gasteiger charge is -2.45. The van der Waals surface area contributed by atoms with Crippen LogP contribution in [0.4, 0.5) is 0 Å². The average molecular weight is 1180 g/mol. The van der Waals surface area contributed by atoms with E-state index in [2.05, 4.69) is 72.2 Å². The summed E-state index contributed by atoms with van der Waals surface area (Å²) in [6, 6.07) is 17.2. The van der Waals surface area contributed by atoms with E-state index >= 15 is 0 Å². The van der Waals surface area contributed by atoms with Crippen molar-refractivity contribution in [2.45, 2.75) is 39.8 Å². The maximum absolute atomic E-state index is 13.7. The molecule has 5 rings (SSSR count). The Kier molecular flexibility index (Phi) is 28.4. The van der Waals surface area contributed by atoms with E-state index in [0.29, 0.717) is 13.1 Å². The van der Waals surface area contributed by atoms with Gasteiger partial charge in [0.25, 0.3) is 5.91 Å². The molecule has 3 aliphatic heterocycles. The number of amides is 1. The summed E-state index contributed by atoms with van der Waals surface area (Å²) in [5.41, 5.74) is 7.10. The number of guanidine groups is 1. The van der Waals surface area contributed by atoms with Crippen LogP contribution >= 0.6 is 0 Å². The van der Waals surface area contributed by atoms with Gasteiger partial charge in [-0.05, 0) is 31.4 Å². The monoisotopic (exact) mass is 1180 g/mol. The standard InChI is InChI=1S/C26H30N4O.S24/c1-19-4-8-21(9-5-19)16-28-15-12-24-23(18-28)25(31)30(26-27-13-3-14-29(24)26)17-22-10-6-20(2)7-11-22;1-3-5-7-9-11-13-15-17-19-21-23-24-22-20-18-16-14-12-10-8-6-4-2/h4-11H,3,12-18H2,1-2H3;. The summed E-state index contributed by atoms with van der Waals surface area (Å²) in [5, 5.41) is 0. The van der Waals surface area contributed by atoms with Crippen LogP contribution in [-0.2, 0) is 236 Å². The molecule has 0 saturated carbocycles. The molecule has 0 bridgehead atoms. The van der Waals surface area contributed by atoms with E-state index in [1.807, 2.05) is 40.4 Å². The first-order chi connectivity index (χ1) is 27.0. The minimum absolute atomic E-state index is 0.126. The molecule has 0 fully saturated rings. The second-order valence-electron chi connectivity index (χ2n) is 10.4. The maximum Gasteiger partial charge on any atom is 0.259 e. The van der Waals surface area contributed by atoms with E-state index in [1.165, 1.54) is 40.1 Å². The van der Waals surface area contributed by atoms with Crippen LogP contribution in [0.3, 0.4) is 0 Å². The number of hydrogen-bond donors (Lipinski definition) is 0. The van der Waals surface area contributed by atoms with Crippen LogP contribution in [0.15, 0.2) is 64.8 Å². The van der Waals surface area contributed by atoms with Crippen molar-refractivity contribution in [1.82, 2.24) is 14.7 Å². The number of rotatable bonds is 4. The Hall–Kier alpha value is 2.36. The van der Waals surface area contributed by atoms with Crippen LogP contribution in [0.5, 0.6) is 0 Å². The van der Waals surface area contributed by atoms with Gasteiger partial charge in [0.15, 0.2) is 0 Å². The van der Waals surface area contributed by atoms with Crippen LogP contribution in [0.2, 0.25) is 0 Å². The van der Waals surface area contributed by atoms with Gasteiger partial charge in [-0.25, -0.2) is 0 Å². The van der Waals surface area contributed by atoms with Gasteiger partial charge >= 0.3 is 0 Å². The molecule has 5 nitrogen and oxygen atoms in total. The molecule has 0 N–H and O–H groups in total. The smallest absolute Gasteiger partial charge is 0.259 e. The van der Waals surface area contributed by atoms with Crippen LogP contribution in [0, 0.1) is 13.8 Å². The zero-order chi connectivity index (χ0) is 38.9. The van der Waals surface area contributed by atoms with Crippen molar-refractivity contribution < 1.29 is 4.79 Å². The third-order valence-electron chi connectivity index (χ3n) is 7.07. The fourth-order valence-corrected chi connectivity index (χ4v) is 59.9. The van der Waals surface area contributed by atoms with Gasteiger partial charge in [-0.3, -0.25) is 19.6 Å². The quantitative estimate of drug-likeness (QED) is 0.467. The minimum Gasteiger partial charge on any atom is -0.315 e. The predicted octanol–water partition coefficient (Wildman–Crippen LogP) is 3.81. The first-order valence-corrected chi connectivity index (χ1v) is 45.8. The molecular formula is C26H30N4OS24. The second-order valence-corrected chi connectivity index (χ2v) is 49.4. The molecular weight excluding hydrogens is 1150 g/mol. The molecule has 0 radical (unpaired) electrons. The van der Waals surface area contributed by atoms with Crippen LogP contribution in [-0.4, -0.2) is 52.7 Å². The highest BCUT2D eigenvalue weighted by atomic mass is 33.5. The number of hydrogen-bond acceptors (Lipinski definition) is 6. The number of fused-ring (bicyclic) bond motifs is 2. The van der Waals surface area contributed by atoms with Crippen molar-refractivity contribution in [2.75, 3.05) is 26.2 Å². The summed E-state index contributed by atoms with van der Waals surface area (Å²) in [5.74, 6) is 0.976. The second kappa shape index (κ2) is 31.2. The first-order valence-electron chi connectivity index (χ1n) is 15.1. The molecule has 0 atom stereocenters. The molecule has 0 unspecified atom stereocenters. The Bertz CT molecular complexity index is 2700. The Morgan fingerprint density at radius 2 is 1.00 bits per heavy atom. The third-order valence-corrected chi connectivity index (χ3v) is 53.7. The normalized spacial score (nSPS) is 14.1. The number of aliphatic imine (C=N–C) groups is 1. The topological polar surface area (TPSA) is 39.2 Å². The molecule has 1 amide bonds. The van der Waals surface area contributed by atoms with Gasteiger partial charge in [-0.15, -0.1) is 0 Å². The molecule has 55 heavy (non-hydrogen) atoms. The molecule has 304 valence electrons. The van der Waals surface area contributed by atoms with Crippen molar-refractivity contribution in [2.24, 2.45) is 4.99 Å². The molecule has 3 aliphatic rings. The third kappa shape index (κ3) is 20.0. The largest absolute Gasteiger partial charge is 0.315 e. The van der Waals surface area contributed by atoms with Crippen molar-refractivity contribution in [3.05, 3.63) is 82.1 Å². The van der Waals surface area contributed by atoms with Gasteiger partial charge in [-0.1, -0.05) is 59.7 Å². The lowest BCUT2D eigenvalue weighted by molar-refractivity contribution is -0.125. The van der Waals surface area contributed by atoms with Crippen LogP contribution in [0.1, 0.15) is 35.1 Å². The number of aryl methyl sites for hydroxylation is 2. The summed E-state index contributed by atoms with van der Waals surface area (Å²) in [4.78, 5) is 25.1. The molecule has 0 saturated heterocycles. The fourth-order valence-electron chi connectivity index (χ4n) is 4.96. The highest BCUT2D eigenvalue weighted by molar-refractivity contribution is 8.79. The highest BCUT2D eigenvalue weighted by Crippen LogP contribution is 2.32. The Balaban J connectivity index is 0.000000255. The summed E-state index contributed by atoms with van der Waals surface area (Å²) in [6.45, 7) is 9.08. The number of benzene rings is 2. The molecule has 0 spiro atoms. The molecule has 3 heterocycles. The average Bonchev–Trinajstić information content (AvgIpc) is 3.20. The lowest BCUT2D eigenvalue weighted by atomic mass is 9.99. The Morgan fingerprint density at radius 3 is 1.44 bits per heavy atom. The van der Waals surface area contributed by atoms with Crippen molar-refractivity contribution in [3.8, 4) is 0 Å². The van der Waals surface area contributed by atoms with E-state index in [4.69, 9.17) is 27.4 Å². The molecule has 2 aromatic carbocycles. The van der Waals surface area contributed by atoms with Gasteiger partial charge < -0.3 is 4.90 Å². The van der Waals surface area contributed by atoms with E-state index in [1.54, 1.807) is 142 Å². The SMILES string of the molecule is Cc1ccc(CN2CCC3=C(C2)C(=O)N(Cc2ccc(C)cc2)C2=NCCCN23)cc1.S=S=S=S=S=S=S=S=S=S=S=S=S=S=S=S=S=S=S=S=S=S=S=S. The van der Waals surface area contributed by atoms with E-state index in [9.17, 15) is 4.79 Å². The lowest BCUT2D eigenvalue weighted by Crippen LogP contribution is -2.56. The first kappa shape index (κ1) is 50.0. The summed E-state index contributed by atoms with van der Waals surface area (Å²) in [6.07, 6.45) is 1.95. The van der Waals surface area contributed by atoms with E-state index in [0.717, 1.165) is 56.1 Å².